The number of urea groups is 1. The number of hydrazone groups is 1. The molecule has 3 rings (SSSR count). The molecule has 2 amide bonds. The van der Waals surface area contributed by atoms with Gasteiger partial charge in [0.2, 0.25) is 0 Å². The molecular formula is C22H27F2N5O. The summed E-state index contributed by atoms with van der Waals surface area (Å²) in [5.74, 6) is -1.06. The van der Waals surface area contributed by atoms with Crippen molar-refractivity contribution in [3.63, 3.8) is 0 Å². The third-order valence-electron chi connectivity index (χ3n) is 5.00. The lowest BCUT2D eigenvalue weighted by Gasteiger charge is -2.21. The first-order valence-electron chi connectivity index (χ1n) is 10.3. The van der Waals surface area contributed by atoms with E-state index in [9.17, 15) is 13.6 Å². The number of benzene rings is 1. The standard InChI is InChI=1S/C22H27F2N5O/c1-2-27-22(30)29-18(5-3-4-10-26-15-16-8-11-25-12-9-16)14-21(28-29)19-13-17(23)6-7-20(19)24/h6-9,11-13,18,26H,2-5,10,14-15H2,1H3,(H,27,30). The SMILES string of the molecule is CCNC(=O)N1N=C(c2cc(F)ccc2F)CC1CCCCNCc1ccncc1. The minimum absolute atomic E-state index is 0.116. The van der Waals surface area contributed by atoms with E-state index in [1.54, 1.807) is 12.4 Å². The molecule has 1 unspecified atom stereocenters. The molecule has 0 saturated heterocycles. The van der Waals surface area contributed by atoms with Crippen molar-refractivity contribution >= 4 is 11.7 Å². The van der Waals surface area contributed by atoms with Crippen LogP contribution >= 0.6 is 0 Å². The van der Waals surface area contributed by atoms with Gasteiger partial charge in [-0.05, 0) is 62.2 Å². The molecule has 1 aliphatic heterocycles. The molecule has 0 spiro atoms. The fourth-order valence-electron chi connectivity index (χ4n) is 3.48. The second-order valence-corrected chi connectivity index (χ2v) is 7.24. The van der Waals surface area contributed by atoms with E-state index in [4.69, 9.17) is 0 Å². The van der Waals surface area contributed by atoms with Crippen molar-refractivity contribution in [2.24, 2.45) is 5.10 Å². The van der Waals surface area contributed by atoms with Crippen LogP contribution in [-0.2, 0) is 6.54 Å². The second kappa shape index (κ2) is 10.8. The second-order valence-electron chi connectivity index (χ2n) is 7.24. The Labute approximate surface area is 175 Å². The molecule has 2 aromatic rings. The molecule has 6 nitrogen and oxygen atoms in total. The van der Waals surface area contributed by atoms with Crippen molar-refractivity contribution in [1.29, 1.82) is 0 Å². The summed E-state index contributed by atoms with van der Waals surface area (Å²) in [5.41, 5.74) is 1.70. The highest BCUT2D eigenvalue weighted by molar-refractivity contribution is 6.03. The monoisotopic (exact) mass is 415 g/mol. The first kappa shape index (κ1) is 21.8. The number of halogens is 2. The number of nitrogens with one attached hydrogen (secondary N) is 2. The zero-order valence-corrected chi connectivity index (χ0v) is 17.1. The average molecular weight is 415 g/mol. The van der Waals surface area contributed by atoms with Crippen molar-refractivity contribution in [3.8, 4) is 0 Å². The molecule has 160 valence electrons. The highest BCUT2D eigenvalue weighted by Gasteiger charge is 2.32. The van der Waals surface area contributed by atoms with Crippen molar-refractivity contribution in [3.05, 3.63) is 65.5 Å². The van der Waals surface area contributed by atoms with E-state index in [2.05, 4.69) is 20.7 Å². The maximum absolute atomic E-state index is 14.2. The molecule has 0 saturated carbocycles. The summed E-state index contributed by atoms with van der Waals surface area (Å²) in [6, 6.07) is 6.76. The summed E-state index contributed by atoms with van der Waals surface area (Å²) in [7, 11) is 0. The van der Waals surface area contributed by atoms with E-state index in [-0.39, 0.29) is 17.6 Å². The van der Waals surface area contributed by atoms with Crippen LogP contribution in [0.1, 0.15) is 43.7 Å². The number of carbonyl (C=O) groups excluding carboxylic acids is 1. The normalized spacial score (nSPS) is 15.9. The van der Waals surface area contributed by atoms with E-state index in [1.165, 1.54) is 10.6 Å². The highest BCUT2D eigenvalue weighted by atomic mass is 19.1. The van der Waals surface area contributed by atoms with E-state index >= 15 is 0 Å². The zero-order chi connectivity index (χ0) is 21.3. The molecule has 1 aromatic carbocycles. The van der Waals surface area contributed by atoms with Crippen LogP contribution in [0.4, 0.5) is 13.6 Å². The number of pyridine rings is 1. The largest absolute Gasteiger partial charge is 0.338 e. The number of hydrogen-bond donors (Lipinski definition) is 2. The van der Waals surface area contributed by atoms with Crippen LogP contribution in [0.3, 0.4) is 0 Å². The van der Waals surface area contributed by atoms with Gasteiger partial charge in [-0.2, -0.15) is 5.10 Å². The molecular weight excluding hydrogens is 388 g/mol. The zero-order valence-electron chi connectivity index (χ0n) is 17.1. The molecule has 0 radical (unpaired) electrons. The van der Waals surface area contributed by atoms with Crippen molar-refractivity contribution in [2.45, 2.75) is 45.2 Å². The van der Waals surface area contributed by atoms with Gasteiger partial charge in [0, 0.05) is 37.5 Å². The average Bonchev–Trinajstić information content (AvgIpc) is 3.17. The first-order valence-corrected chi connectivity index (χ1v) is 10.3. The molecule has 0 bridgehead atoms. The number of aromatic nitrogens is 1. The van der Waals surface area contributed by atoms with Crippen LogP contribution in [0.25, 0.3) is 0 Å². The Kier molecular flexibility index (Phi) is 7.84. The lowest BCUT2D eigenvalue weighted by Crippen LogP contribution is -2.40. The number of nitrogens with zero attached hydrogens (tertiary/aromatic N) is 3. The molecule has 0 aliphatic carbocycles. The molecule has 1 aliphatic rings. The number of carbonyl (C=O) groups is 1. The van der Waals surface area contributed by atoms with Gasteiger partial charge in [-0.1, -0.05) is 6.42 Å². The Morgan fingerprint density at radius 1 is 1.20 bits per heavy atom. The van der Waals surface area contributed by atoms with Crippen LogP contribution in [0, 0.1) is 11.6 Å². The Bertz CT molecular complexity index is 875. The van der Waals surface area contributed by atoms with E-state index in [1.807, 2.05) is 19.1 Å². The van der Waals surface area contributed by atoms with Crippen LogP contribution in [0.15, 0.2) is 47.8 Å². The topological polar surface area (TPSA) is 69.6 Å². The van der Waals surface area contributed by atoms with Gasteiger partial charge >= 0.3 is 6.03 Å². The quantitative estimate of drug-likeness (QED) is 0.612. The van der Waals surface area contributed by atoms with E-state index < -0.39 is 11.6 Å². The predicted molar refractivity (Wildman–Crippen MR) is 112 cm³/mol. The van der Waals surface area contributed by atoms with Crippen LogP contribution in [0.2, 0.25) is 0 Å². The summed E-state index contributed by atoms with van der Waals surface area (Å²) in [6.07, 6.45) is 6.50. The molecule has 30 heavy (non-hydrogen) atoms. The summed E-state index contributed by atoms with van der Waals surface area (Å²) in [6.45, 7) is 3.93. The van der Waals surface area contributed by atoms with Gasteiger partial charge in [0.05, 0.1) is 11.8 Å². The van der Waals surface area contributed by atoms with Crippen LogP contribution in [-0.4, -0.2) is 40.9 Å². The van der Waals surface area contributed by atoms with Gasteiger partial charge in [-0.3, -0.25) is 4.98 Å². The summed E-state index contributed by atoms with van der Waals surface area (Å²) in [5, 5.41) is 11.8. The predicted octanol–water partition coefficient (Wildman–Crippen LogP) is 3.83. The minimum Gasteiger partial charge on any atom is -0.337 e. The minimum atomic E-state index is -0.535. The maximum atomic E-state index is 14.2. The summed E-state index contributed by atoms with van der Waals surface area (Å²) < 4.78 is 27.8. The lowest BCUT2D eigenvalue weighted by atomic mass is 10.00. The first-order chi connectivity index (χ1) is 14.6. The number of rotatable bonds is 9. The molecule has 8 heteroatoms. The van der Waals surface area contributed by atoms with Gasteiger partial charge in [0.1, 0.15) is 11.6 Å². The van der Waals surface area contributed by atoms with Gasteiger partial charge in [-0.15, -0.1) is 0 Å². The third-order valence-corrected chi connectivity index (χ3v) is 5.00. The van der Waals surface area contributed by atoms with Crippen molar-refractivity contribution in [2.75, 3.05) is 13.1 Å². The molecule has 2 N–H and O–H groups in total. The Morgan fingerprint density at radius 2 is 2.00 bits per heavy atom. The van der Waals surface area contributed by atoms with Crippen LogP contribution in [0.5, 0.6) is 0 Å². The van der Waals surface area contributed by atoms with Crippen LogP contribution < -0.4 is 10.6 Å². The Hall–Kier alpha value is -2.87. The van der Waals surface area contributed by atoms with Crippen molar-refractivity contribution < 1.29 is 13.6 Å². The highest BCUT2D eigenvalue weighted by Crippen LogP contribution is 2.25. The van der Waals surface area contributed by atoms with Gasteiger partial charge in [0.25, 0.3) is 0 Å². The molecule has 0 fully saturated rings. The molecule has 2 heterocycles. The number of hydrogen-bond acceptors (Lipinski definition) is 4. The summed E-state index contributed by atoms with van der Waals surface area (Å²) in [4.78, 5) is 16.4. The number of unbranched alkanes of at least 4 members (excludes halogenated alkanes) is 1. The van der Waals surface area contributed by atoms with E-state index in [0.717, 1.165) is 50.6 Å². The Balaban J connectivity index is 1.54. The maximum Gasteiger partial charge on any atom is 0.338 e. The third kappa shape index (κ3) is 5.82. The van der Waals surface area contributed by atoms with Gasteiger partial charge in [-0.25, -0.2) is 18.6 Å². The lowest BCUT2D eigenvalue weighted by molar-refractivity contribution is 0.182. The Morgan fingerprint density at radius 3 is 2.77 bits per heavy atom. The molecule has 1 aromatic heterocycles. The fourth-order valence-corrected chi connectivity index (χ4v) is 3.48. The number of amides is 2. The van der Waals surface area contributed by atoms with Gasteiger partial charge in [0.15, 0.2) is 0 Å². The smallest absolute Gasteiger partial charge is 0.337 e. The van der Waals surface area contributed by atoms with Crippen molar-refractivity contribution in [1.82, 2.24) is 20.6 Å². The fraction of sp³-hybridized carbons (Fsp3) is 0.409. The summed E-state index contributed by atoms with van der Waals surface area (Å²) >= 11 is 0. The molecule has 1 atom stereocenters. The van der Waals surface area contributed by atoms with Gasteiger partial charge < -0.3 is 10.6 Å². The van der Waals surface area contributed by atoms with E-state index in [0.29, 0.717) is 18.7 Å².